The average molecular weight is 194 g/mol. The second kappa shape index (κ2) is 3.92. The highest BCUT2D eigenvalue weighted by atomic mass is 16.2. The van der Waals surface area contributed by atoms with Crippen LogP contribution in [0.5, 0.6) is 0 Å². The number of terminal acetylenes is 1. The molecule has 1 fully saturated rings. The standard InChI is InChI=1S/C9H10N2O3/c1-3-6(4-2)11-8(13)5-7(12)10-9(11)14/h1,6H,4-5H2,2H3,(H,10,12,14). The van der Waals surface area contributed by atoms with Gasteiger partial charge in [0.2, 0.25) is 11.8 Å². The van der Waals surface area contributed by atoms with Gasteiger partial charge in [0, 0.05) is 0 Å². The van der Waals surface area contributed by atoms with Crippen molar-refractivity contribution < 1.29 is 14.4 Å². The van der Waals surface area contributed by atoms with Crippen molar-refractivity contribution in [3.05, 3.63) is 0 Å². The van der Waals surface area contributed by atoms with Gasteiger partial charge >= 0.3 is 6.03 Å². The maximum Gasteiger partial charge on any atom is 0.331 e. The summed E-state index contributed by atoms with van der Waals surface area (Å²) in [5, 5.41) is 2.04. The van der Waals surface area contributed by atoms with E-state index in [4.69, 9.17) is 6.42 Å². The quantitative estimate of drug-likeness (QED) is 0.491. The van der Waals surface area contributed by atoms with E-state index in [2.05, 4.69) is 5.92 Å². The molecule has 1 N–H and O–H groups in total. The molecule has 74 valence electrons. The molecule has 4 amide bonds. The molecule has 0 radical (unpaired) electrons. The fourth-order valence-electron chi connectivity index (χ4n) is 1.25. The minimum Gasteiger partial charge on any atom is -0.277 e. The lowest BCUT2D eigenvalue weighted by molar-refractivity contribution is -0.137. The van der Waals surface area contributed by atoms with Crippen LogP contribution in [0.2, 0.25) is 0 Å². The predicted molar refractivity (Wildman–Crippen MR) is 47.9 cm³/mol. The smallest absolute Gasteiger partial charge is 0.277 e. The van der Waals surface area contributed by atoms with Crippen LogP contribution in [-0.4, -0.2) is 28.8 Å². The van der Waals surface area contributed by atoms with Crippen LogP contribution in [0.3, 0.4) is 0 Å². The van der Waals surface area contributed by atoms with Crippen molar-refractivity contribution in [2.75, 3.05) is 0 Å². The van der Waals surface area contributed by atoms with Crippen molar-refractivity contribution in [2.24, 2.45) is 0 Å². The van der Waals surface area contributed by atoms with Crippen LogP contribution in [-0.2, 0) is 9.59 Å². The van der Waals surface area contributed by atoms with Gasteiger partial charge in [0.15, 0.2) is 0 Å². The summed E-state index contributed by atoms with van der Waals surface area (Å²) < 4.78 is 0. The maximum absolute atomic E-state index is 11.3. The number of urea groups is 1. The van der Waals surface area contributed by atoms with Crippen molar-refractivity contribution in [2.45, 2.75) is 25.8 Å². The van der Waals surface area contributed by atoms with Crippen LogP contribution in [0.25, 0.3) is 0 Å². The first-order valence-corrected chi connectivity index (χ1v) is 4.22. The number of nitrogens with zero attached hydrogens (tertiary/aromatic N) is 1. The van der Waals surface area contributed by atoms with Gasteiger partial charge in [0.25, 0.3) is 0 Å². The highest BCUT2D eigenvalue weighted by molar-refractivity contribution is 6.14. The van der Waals surface area contributed by atoms with Gasteiger partial charge in [-0.25, -0.2) is 9.69 Å². The molecule has 1 atom stereocenters. The summed E-state index contributed by atoms with van der Waals surface area (Å²) in [6.07, 6.45) is 5.32. The van der Waals surface area contributed by atoms with Gasteiger partial charge in [-0.1, -0.05) is 12.8 Å². The first-order valence-electron chi connectivity index (χ1n) is 4.22. The van der Waals surface area contributed by atoms with E-state index in [-0.39, 0.29) is 6.42 Å². The topological polar surface area (TPSA) is 66.5 Å². The number of hydrogen-bond donors (Lipinski definition) is 1. The largest absolute Gasteiger partial charge is 0.331 e. The highest BCUT2D eigenvalue weighted by Crippen LogP contribution is 2.09. The number of carbonyl (C=O) groups excluding carboxylic acids is 3. The molecule has 0 spiro atoms. The number of hydrogen-bond acceptors (Lipinski definition) is 3. The molecule has 0 aliphatic carbocycles. The summed E-state index contributed by atoms with van der Waals surface area (Å²) in [5.41, 5.74) is 0. The summed E-state index contributed by atoms with van der Waals surface area (Å²) in [7, 11) is 0. The van der Waals surface area contributed by atoms with Crippen molar-refractivity contribution in [1.29, 1.82) is 0 Å². The molecule has 5 nitrogen and oxygen atoms in total. The van der Waals surface area contributed by atoms with Gasteiger partial charge in [0.05, 0.1) is 0 Å². The van der Waals surface area contributed by atoms with Crippen LogP contribution < -0.4 is 5.32 Å². The molecule has 1 heterocycles. The van der Waals surface area contributed by atoms with Crippen molar-refractivity contribution in [1.82, 2.24) is 10.2 Å². The van der Waals surface area contributed by atoms with Gasteiger partial charge < -0.3 is 0 Å². The summed E-state index contributed by atoms with van der Waals surface area (Å²) in [5.74, 6) is 1.21. The first kappa shape index (κ1) is 10.3. The molecule has 1 rings (SSSR count). The zero-order valence-electron chi connectivity index (χ0n) is 7.74. The molecule has 1 aliphatic heterocycles. The Bertz CT molecular complexity index is 309. The molecule has 5 heteroatoms. The lowest BCUT2D eigenvalue weighted by Crippen LogP contribution is -2.56. The van der Waals surface area contributed by atoms with Crippen LogP contribution in [0.4, 0.5) is 4.79 Å². The van der Waals surface area contributed by atoms with E-state index in [1.807, 2.05) is 5.32 Å². The molecule has 1 saturated heterocycles. The number of barbiturate groups is 1. The number of imide groups is 2. The zero-order chi connectivity index (χ0) is 10.7. The van der Waals surface area contributed by atoms with Crippen LogP contribution >= 0.6 is 0 Å². The molecule has 0 aromatic heterocycles. The number of nitrogens with one attached hydrogen (secondary N) is 1. The Morgan fingerprint density at radius 1 is 1.57 bits per heavy atom. The van der Waals surface area contributed by atoms with E-state index in [9.17, 15) is 14.4 Å². The Morgan fingerprint density at radius 2 is 2.21 bits per heavy atom. The Morgan fingerprint density at radius 3 is 2.64 bits per heavy atom. The third-order valence-corrected chi connectivity index (χ3v) is 1.94. The first-order chi connectivity index (χ1) is 6.60. The third kappa shape index (κ3) is 1.74. The minimum absolute atomic E-state index is 0.316. The molecule has 0 bridgehead atoms. The minimum atomic E-state index is -0.726. The van der Waals surface area contributed by atoms with Gasteiger partial charge in [-0.3, -0.25) is 14.9 Å². The summed E-state index contributed by atoms with van der Waals surface area (Å²) in [6, 6.07) is -1.30. The van der Waals surface area contributed by atoms with Crippen molar-refractivity contribution in [3.8, 4) is 12.3 Å². The number of amides is 4. The summed E-state index contributed by atoms with van der Waals surface area (Å²) in [4.78, 5) is 34.3. The lowest BCUT2D eigenvalue weighted by atomic mass is 10.1. The summed E-state index contributed by atoms with van der Waals surface area (Å²) >= 11 is 0. The van der Waals surface area contributed by atoms with Gasteiger partial charge in [0.1, 0.15) is 12.5 Å². The Balaban J connectivity index is 2.87. The fraction of sp³-hybridized carbons (Fsp3) is 0.444. The maximum atomic E-state index is 11.3. The molecule has 0 aromatic carbocycles. The lowest BCUT2D eigenvalue weighted by Gasteiger charge is -2.28. The highest BCUT2D eigenvalue weighted by Gasteiger charge is 2.34. The molecule has 1 unspecified atom stereocenters. The van der Waals surface area contributed by atoms with Gasteiger partial charge in [-0.05, 0) is 6.42 Å². The van der Waals surface area contributed by atoms with Crippen molar-refractivity contribution in [3.63, 3.8) is 0 Å². The molecule has 0 saturated carbocycles. The second-order valence-electron chi connectivity index (χ2n) is 2.88. The van der Waals surface area contributed by atoms with E-state index in [0.29, 0.717) is 6.42 Å². The number of carbonyl (C=O) groups is 3. The van der Waals surface area contributed by atoms with Crippen LogP contribution in [0.15, 0.2) is 0 Å². The van der Waals surface area contributed by atoms with Crippen molar-refractivity contribution >= 4 is 17.8 Å². The molecular weight excluding hydrogens is 184 g/mol. The fourth-order valence-corrected chi connectivity index (χ4v) is 1.25. The van der Waals surface area contributed by atoms with Gasteiger partial charge in [-0.15, -0.1) is 6.42 Å². The van der Waals surface area contributed by atoms with E-state index < -0.39 is 23.9 Å². The van der Waals surface area contributed by atoms with E-state index in [1.165, 1.54) is 0 Å². The Hall–Kier alpha value is -1.83. The average Bonchev–Trinajstić information content (AvgIpc) is 2.10. The SMILES string of the molecule is C#CC(CC)N1C(=O)CC(=O)NC1=O. The number of rotatable bonds is 2. The van der Waals surface area contributed by atoms with E-state index in [0.717, 1.165) is 4.90 Å². The predicted octanol–water partition coefficient (Wildman–Crippen LogP) is -0.133. The third-order valence-electron chi connectivity index (χ3n) is 1.94. The Labute approximate surface area is 81.4 Å². The monoisotopic (exact) mass is 194 g/mol. The van der Waals surface area contributed by atoms with E-state index in [1.54, 1.807) is 6.92 Å². The molecule has 1 aliphatic rings. The van der Waals surface area contributed by atoms with Crippen LogP contribution in [0.1, 0.15) is 19.8 Å². The van der Waals surface area contributed by atoms with Crippen LogP contribution in [0, 0.1) is 12.3 Å². The molecule has 0 aromatic rings. The summed E-state index contributed by atoms with van der Waals surface area (Å²) in [6.45, 7) is 1.77. The van der Waals surface area contributed by atoms with Gasteiger partial charge in [-0.2, -0.15) is 0 Å². The van der Waals surface area contributed by atoms with E-state index >= 15 is 0 Å². The molecule has 14 heavy (non-hydrogen) atoms. The second-order valence-corrected chi connectivity index (χ2v) is 2.88. The normalized spacial score (nSPS) is 18.9. The Kier molecular flexibility index (Phi) is 2.87. The zero-order valence-corrected chi connectivity index (χ0v) is 7.74. The molecular formula is C9H10N2O3.